The number of carbonyl (C=O) groups excluding carboxylic acids is 1. The lowest BCUT2D eigenvalue weighted by molar-refractivity contribution is 0.0956. The molecule has 0 radical (unpaired) electrons. The summed E-state index contributed by atoms with van der Waals surface area (Å²) in [5.41, 5.74) is 8.21. The first-order valence-electron chi connectivity index (χ1n) is 7.13. The van der Waals surface area contributed by atoms with Crippen LogP contribution in [0, 0.1) is 5.92 Å². The van der Waals surface area contributed by atoms with Gasteiger partial charge in [-0.25, -0.2) is 0 Å². The van der Waals surface area contributed by atoms with Gasteiger partial charge in [0.25, 0.3) is 5.91 Å². The number of nitrogen functional groups attached to an aromatic ring is 1. The number of nitrogens with one attached hydrogen (secondary N) is 1. The summed E-state index contributed by atoms with van der Waals surface area (Å²) >= 11 is 0. The molecule has 2 rings (SSSR count). The highest BCUT2D eigenvalue weighted by molar-refractivity contribution is 5.96. The molecule has 1 aromatic carbocycles. The molecule has 1 aliphatic heterocycles. The van der Waals surface area contributed by atoms with Crippen LogP contribution in [0.3, 0.4) is 0 Å². The Labute approximate surface area is 119 Å². The van der Waals surface area contributed by atoms with Crippen LogP contribution < -0.4 is 16.0 Å². The lowest BCUT2D eigenvalue weighted by Crippen LogP contribution is -2.26. The van der Waals surface area contributed by atoms with Gasteiger partial charge in [-0.3, -0.25) is 4.79 Å². The molecule has 1 fully saturated rings. The third kappa shape index (κ3) is 3.04. The highest BCUT2D eigenvalue weighted by Gasteiger charge is 2.27. The Hall–Kier alpha value is -1.75. The molecule has 20 heavy (non-hydrogen) atoms. The summed E-state index contributed by atoms with van der Waals surface area (Å²) in [6.45, 7) is 5.96. The molecule has 110 valence electrons. The van der Waals surface area contributed by atoms with Crippen molar-refractivity contribution in [3.63, 3.8) is 0 Å². The van der Waals surface area contributed by atoms with Crippen LogP contribution in [0.25, 0.3) is 0 Å². The minimum atomic E-state index is -0.312. The number of nitrogens with two attached hydrogens (primary N) is 1. The van der Waals surface area contributed by atoms with E-state index in [-0.39, 0.29) is 17.9 Å². The number of hydrogen-bond acceptors (Lipinski definition) is 4. The summed E-state index contributed by atoms with van der Waals surface area (Å²) in [7, 11) is 0. The van der Waals surface area contributed by atoms with Crippen molar-refractivity contribution >= 4 is 17.3 Å². The molecule has 0 saturated carbocycles. The molecule has 1 heterocycles. The largest absolute Gasteiger partial charge is 0.397 e. The summed E-state index contributed by atoms with van der Waals surface area (Å²) in [5.74, 6) is 0.183. The molecule has 0 spiro atoms. The Bertz CT molecular complexity index is 488. The second kappa shape index (κ2) is 6.13. The third-order valence-electron chi connectivity index (χ3n) is 3.88. The number of aliphatic hydroxyl groups is 1. The summed E-state index contributed by atoms with van der Waals surface area (Å²) in [4.78, 5) is 14.0. The summed E-state index contributed by atoms with van der Waals surface area (Å²) in [6, 6.07) is 5.35. The number of anilines is 2. The van der Waals surface area contributed by atoms with E-state index in [0.717, 1.165) is 25.2 Å². The van der Waals surface area contributed by atoms with Gasteiger partial charge < -0.3 is 21.1 Å². The smallest absolute Gasteiger partial charge is 0.251 e. The van der Waals surface area contributed by atoms with Crippen molar-refractivity contribution in [2.45, 2.75) is 26.4 Å². The van der Waals surface area contributed by atoms with Crippen molar-refractivity contribution in [1.29, 1.82) is 0 Å². The first kappa shape index (κ1) is 14.7. The number of carbonyl (C=O) groups is 1. The summed E-state index contributed by atoms with van der Waals surface area (Å²) in [5, 5.41) is 12.5. The minimum absolute atomic E-state index is 0.0833. The van der Waals surface area contributed by atoms with Crippen LogP contribution in [0.1, 0.15) is 30.6 Å². The standard InChI is InChI=1S/C15H23N3O2/c1-3-17-15(20)11-4-5-13(16)14(8-11)18-7-6-12(9-18)10(2)19/h4-5,8,10,12,19H,3,6-7,9,16H2,1-2H3,(H,17,20). The van der Waals surface area contributed by atoms with Gasteiger partial charge in [-0.2, -0.15) is 0 Å². The van der Waals surface area contributed by atoms with Crippen LogP contribution in [0.15, 0.2) is 18.2 Å². The van der Waals surface area contributed by atoms with E-state index in [0.29, 0.717) is 17.8 Å². The second-order valence-electron chi connectivity index (χ2n) is 5.37. The van der Waals surface area contributed by atoms with E-state index in [1.165, 1.54) is 0 Å². The quantitative estimate of drug-likeness (QED) is 0.723. The van der Waals surface area contributed by atoms with Crippen molar-refractivity contribution in [2.24, 2.45) is 5.92 Å². The molecular weight excluding hydrogens is 254 g/mol. The van der Waals surface area contributed by atoms with E-state index in [9.17, 15) is 9.90 Å². The number of hydrogen-bond donors (Lipinski definition) is 3. The molecule has 4 N–H and O–H groups in total. The monoisotopic (exact) mass is 277 g/mol. The highest BCUT2D eigenvalue weighted by atomic mass is 16.3. The Morgan fingerprint density at radius 3 is 2.95 bits per heavy atom. The van der Waals surface area contributed by atoms with Gasteiger partial charge >= 0.3 is 0 Å². The molecule has 5 heteroatoms. The van der Waals surface area contributed by atoms with Crippen molar-refractivity contribution in [3.05, 3.63) is 23.8 Å². The fourth-order valence-electron chi connectivity index (χ4n) is 2.62. The summed E-state index contributed by atoms with van der Waals surface area (Å²) < 4.78 is 0. The number of amides is 1. The lowest BCUT2D eigenvalue weighted by atomic mass is 10.0. The van der Waals surface area contributed by atoms with Crippen LogP contribution in [-0.2, 0) is 0 Å². The Kier molecular flexibility index (Phi) is 4.49. The average molecular weight is 277 g/mol. The SMILES string of the molecule is CCNC(=O)c1ccc(N)c(N2CCC(C(C)O)C2)c1. The molecule has 1 aromatic rings. The maximum atomic E-state index is 11.9. The number of aliphatic hydroxyl groups excluding tert-OH is 1. The van der Waals surface area contributed by atoms with Gasteiger partial charge in [0, 0.05) is 31.1 Å². The van der Waals surface area contributed by atoms with Gasteiger partial charge in [0.05, 0.1) is 17.5 Å². The van der Waals surface area contributed by atoms with E-state index in [4.69, 9.17) is 5.73 Å². The predicted octanol–water partition coefficient (Wildman–Crippen LogP) is 1.23. The maximum Gasteiger partial charge on any atom is 0.251 e. The van der Waals surface area contributed by atoms with Crippen molar-refractivity contribution < 1.29 is 9.90 Å². The molecule has 1 aliphatic rings. The Morgan fingerprint density at radius 1 is 1.60 bits per heavy atom. The van der Waals surface area contributed by atoms with Gasteiger partial charge in [-0.15, -0.1) is 0 Å². The van der Waals surface area contributed by atoms with Crippen molar-refractivity contribution in [3.8, 4) is 0 Å². The average Bonchev–Trinajstić information content (AvgIpc) is 2.89. The topological polar surface area (TPSA) is 78.6 Å². The number of nitrogens with zero attached hydrogens (tertiary/aromatic N) is 1. The first-order valence-corrected chi connectivity index (χ1v) is 7.13. The zero-order valence-electron chi connectivity index (χ0n) is 12.1. The van der Waals surface area contributed by atoms with Crippen molar-refractivity contribution in [1.82, 2.24) is 5.32 Å². The minimum Gasteiger partial charge on any atom is -0.397 e. The zero-order chi connectivity index (χ0) is 14.7. The fraction of sp³-hybridized carbons (Fsp3) is 0.533. The Balaban J connectivity index is 2.19. The van der Waals surface area contributed by atoms with Gasteiger partial charge in [0.2, 0.25) is 0 Å². The highest BCUT2D eigenvalue weighted by Crippen LogP contribution is 2.31. The van der Waals surface area contributed by atoms with Gasteiger partial charge in [-0.05, 0) is 38.5 Å². The van der Waals surface area contributed by atoms with Gasteiger partial charge in [0.15, 0.2) is 0 Å². The predicted molar refractivity (Wildman–Crippen MR) is 80.9 cm³/mol. The molecule has 5 nitrogen and oxygen atoms in total. The van der Waals surface area contributed by atoms with Crippen LogP contribution >= 0.6 is 0 Å². The van der Waals surface area contributed by atoms with Crippen LogP contribution in [0.5, 0.6) is 0 Å². The fourth-order valence-corrected chi connectivity index (χ4v) is 2.62. The molecule has 0 bridgehead atoms. The van der Waals surface area contributed by atoms with E-state index >= 15 is 0 Å². The van der Waals surface area contributed by atoms with Crippen molar-refractivity contribution in [2.75, 3.05) is 30.3 Å². The van der Waals surface area contributed by atoms with Crippen LogP contribution in [-0.4, -0.2) is 36.8 Å². The van der Waals surface area contributed by atoms with Crippen LogP contribution in [0.2, 0.25) is 0 Å². The molecule has 2 atom stereocenters. The zero-order valence-corrected chi connectivity index (χ0v) is 12.1. The molecule has 1 amide bonds. The molecule has 2 unspecified atom stereocenters. The van der Waals surface area contributed by atoms with Gasteiger partial charge in [0.1, 0.15) is 0 Å². The second-order valence-corrected chi connectivity index (χ2v) is 5.37. The number of rotatable bonds is 4. The molecule has 0 aliphatic carbocycles. The molecular formula is C15H23N3O2. The lowest BCUT2D eigenvalue weighted by Gasteiger charge is -2.22. The maximum absolute atomic E-state index is 11.9. The third-order valence-corrected chi connectivity index (χ3v) is 3.88. The summed E-state index contributed by atoms with van der Waals surface area (Å²) in [6.07, 6.45) is 0.635. The van der Waals surface area contributed by atoms with Gasteiger partial charge in [-0.1, -0.05) is 0 Å². The van der Waals surface area contributed by atoms with Crippen LogP contribution in [0.4, 0.5) is 11.4 Å². The first-order chi connectivity index (χ1) is 9.52. The Morgan fingerprint density at radius 2 is 2.35 bits per heavy atom. The molecule has 1 saturated heterocycles. The van der Waals surface area contributed by atoms with E-state index in [1.54, 1.807) is 12.1 Å². The van der Waals surface area contributed by atoms with E-state index < -0.39 is 0 Å². The normalized spacial score (nSPS) is 19.9. The van der Waals surface area contributed by atoms with E-state index in [2.05, 4.69) is 10.2 Å². The molecule has 0 aromatic heterocycles. The van der Waals surface area contributed by atoms with E-state index in [1.807, 2.05) is 19.9 Å². The number of benzene rings is 1.